The Kier molecular flexibility index (Phi) is 8.28. The number of ether oxygens (including phenoxy) is 2. The molecule has 2 aromatic carbocycles. The van der Waals surface area contributed by atoms with Crippen molar-refractivity contribution in [1.82, 2.24) is 9.55 Å². The Morgan fingerprint density at radius 3 is 2.68 bits per heavy atom. The number of halogens is 3. The zero-order valence-electron chi connectivity index (χ0n) is 17.3. The molecular formula is C22H23ClF2N2O3S. The molecule has 5 nitrogen and oxygen atoms in total. The average molecular weight is 469 g/mol. The number of thioether (sulfide) groups is 1. The first-order valence-corrected chi connectivity index (χ1v) is 11.3. The minimum absolute atomic E-state index is 0.0896. The molecule has 0 aliphatic heterocycles. The largest absolute Gasteiger partial charge is 0.462 e. The maximum atomic E-state index is 14.2. The summed E-state index contributed by atoms with van der Waals surface area (Å²) in [6.45, 7) is 5.80. The number of fused-ring (bicyclic) bond motifs is 1. The Morgan fingerprint density at radius 1 is 1.16 bits per heavy atom. The van der Waals surface area contributed by atoms with Gasteiger partial charge in [-0.15, -0.1) is 0 Å². The van der Waals surface area contributed by atoms with E-state index in [4.69, 9.17) is 21.1 Å². The second kappa shape index (κ2) is 10.9. The number of rotatable bonds is 10. The second-order valence-electron chi connectivity index (χ2n) is 6.63. The fraction of sp³-hybridized carbons (Fsp3) is 0.364. The molecule has 0 N–H and O–H groups in total. The van der Waals surface area contributed by atoms with E-state index >= 15 is 0 Å². The van der Waals surface area contributed by atoms with E-state index in [2.05, 4.69) is 4.98 Å². The average Bonchev–Trinajstić information content (AvgIpc) is 3.10. The summed E-state index contributed by atoms with van der Waals surface area (Å²) in [6, 6.07) is 7.25. The monoisotopic (exact) mass is 468 g/mol. The van der Waals surface area contributed by atoms with Gasteiger partial charge in [-0.25, -0.2) is 18.6 Å². The number of imidazole rings is 1. The van der Waals surface area contributed by atoms with Crippen molar-refractivity contribution in [3.63, 3.8) is 0 Å². The summed E-state index contributed by atoms with van der Waals surface area (Å²) in [4.78, 5) is 16.7. The van der Waals surface area contributed by atoms with Crippen LogP contribution in [0.4, 0.5) is 8.78 Å². The van der Waals surface area contributed by atoms with Crippen LogP contribution < -0.4 is 0 Å². The van der Waals surface area contributed by atoms with Gasteiger partial charge in [0.25, 0.3) is 0 Å². The third kappa shape index (κ3) is 5.56. The predicted molar refractivity (Wildman–Crippen MR) is 118 cm³/mol. The minimum atomic E-state index is -0.664. The first kappa shape index (κ1) is 23.5. The highest BCUT2D eigenvalue weighted by atomic mass is 35.5. The number of aromatic nitrogens is 2. The van der Waals surface area contributed by atoms with Crippen molar-refractivity contribution in [3.8, 4) is 0 Å². The fourth-order valence-corrected chi connectivity index (χ4v) is 4.45. The Hall–Kier alpha value is -2.16. The summed E-state index contributed by atoms with van der Waals surface area (Å²) in [5, 5.41) is 0.392. The number of nitrogens with zero attached hydrogens (tertiary/aromatic N) is 2. The van der Waals surface area contributed by atoms with E-state index in [0.29, 0.717) is 36.0 Å². The third-order valence-electron chi connectivity index (χ3n) is 4.58. The van der Waals surface area contributed by atoms with Gasteiger partial charge < -0.3 is 14.0 Å². The Labute approximate surface area is 188 Å². The fourth-order valence-electron chi connectivity index (χ4n) is 3.08. The van der Waals surface area contributed by atoms with Gasteiger partial charge in [0, 0.05) is 31.1 Å². The molecular weight excluding hydrogens is 446 g/mol. The van der Waals surface area contributed by atoms with Gasteiger partial charge in [0.15, 0.2) is 5.16 Å². The number of carbonyl (C=O) groups excluding carboxylic acids is 1. The first-order chi connectivity index (χ1) is 15.0. The van der Waals surface area contributed by atoms with Crippen LogP contribution in [0.5, 0.6) is 0 Å². The van der Waals surface area contributed by atoms with E-state index < -0.39 is 17.6 Å². The van der Waals surface area contributed by atoms with Crippen molar-refractivity contribution in [1.29, 1.82) is 0 Å². The molecule has 3 aromatic rings. The molecule has 0 bridgehead atoms. The molecule has 1 aromatic heterocycles. The van der Waals surface area contributed by atoms with E-state index in [1.165, 1.54) is 11.8 Å². The van der Waals surface area contributed by atoms with E-state index in [0.717, 1.165) is 24.1 Å². The van der Waals surface area contributed by atoms with Crippen LogP contribution in [0.15, 0.2) is 35.5 Å². The molecule has 9 heteroatoms. The molecule has 0 saturated carbocycles. The van der Waals surface area contributed by atoms with Gasteiger partial charge in [0.1, 0.15) is 11.6 Å². The lowest BCUT2D eigenvalue weighted by Crippen LogP contribution is -2.05. The molecule has 1 heterocycles. The van der Waals surface area contributed by atoms with Gasteiger partial charge in [-0.05, 0) is 50.6 Å². The lowest BCUT2D eigenvalue weighted by molar-refractivity contribution is 0.0526. The van der Waals surface area contributed by atoms with Gasteiger partial charge >= 0.3 is 5.97 Å². The van der Waals surface area contributed by atoms with Crippen LogP contribution in [0, 0.1) is 11.6 Å². The van der Waals surface area contributed by atoms with Crippen LogP contribution in [0.3, 0.4) is 0 Å². The predicted octanol–water partition coefficient (Wildman–Crippen LogP) is 5.86. The summed E-state index contributed by atoms with van der Waals surface area (Å²) in [5.41, 5.74) is 1.95. The first-order valence-electron chi connectivity index (χ1n) is 9.96. The summed E-state index contributed by atoms with van der Waals surface area (Å²) >= 11 is 7.22. The van der Waals surface area contributed by atoms with E-state index in [1.54, 1.807) is 19.1 Å². The molecule has 0 saturated heterocycles. The topological polar surface area (TPSA) is 53.4 Å². The van der Waals surface area contributed by atoms with E-state index in [9.17, 15) is 13.6 Å². The second-order valence-corrected chi connectivity index (χ2v) is 7.95. The van der Waals surface area contributed by atoms with Crippen molar-refractivity contribution in [2.24, 2.45) is 0 Å². The zero-order chi connectivity index (χ0) is 22.4. The summed E-state index contributed by atoms with van der Waals surface area (Å²) in [7, 11) is 0. The Balaban J connectivity index is 1.92. The van der Waals surface area contributed by atoms with Crippen LogP contribution in [0.2, 0.25) is 5.02 Å². The van der Waals surface area contributed by atoms with Gasteiger partial charge in [-0.1, -0.05) is 23.4 Å². The third-order valence-corrected chi connectivity index (χ3v) is 5.99. The Bertz CT molecular complexity index is 1070. The Morgan fingerprint density at radius 2 is 1.94 bits per heavy atom. The van der Waals surface area contributed by atoms with Gasteiger partial charge in [0.05, 0.1) is 28.2 Å². The van der Waals surface area contributed by atoms with Crippen LogP contribution in [-0.2, 0) is 21.8 Å². The van der Waals surface area contributed by atoms with Crippen molar-refractivity contribution >= 4 is 40.4 Å². The van der Waals surface area contributed by atoms with Crippen LogP contribution in [0.25, 0.3) is 11.0 Å². The van der Waals surface area contributed by atoms with Crippen LogP contribution in [-0.4, -0.2) is 35.3 Å². The number of carbonyl (C=O) groups is 1. The molecule has 0 radical (unpaired) electrons. The van der Waals surface area contributed by atoms with Crippen molar-refractivity contribution < 1.29 is 23.0 Å². The maximum Gasteiger partial charge on any atom is 0.338 e. The molecule has 3 rings (SSSR count). The van der Waals surface area contributed by atoms with Crippen LogP contribution in [0.1, 0.15) is 36.2 Å². The normalized spacial score (nSPS) is 11.3. The SMILES string of the molecule is CCOCCCn1c(SCc2c(F)ccc(F)c2Cl)nc2cc(C(=O)OCC)ccc21. The molecule has 0 unspecified atom stereocenters. The van der Waals surface area contributed by atoms with Crippen LogP contribution >= 0.6 is 23.4 Å². The molecule has 166 valence electrons. The quantitative estimate of drug-likeness (QED) is 0.161. The highest BCUT2D eigenvalue weighted by molar-refractivity contribution is 7.98. The lowest BCUT2D eigenvalue weighted by atomic mass is 10.2. The van der Waals surface area contributed by atoms with Gasteiger partial charge in [0.2, 0.25) is 0 Å². The highest BCUT2D eigenvalue weighted by Crippen LogP contribution is 2.32. The number of hydrogen-bond donors (Lipinski definition) is 0. The summed E-state index contributed by atoms with van der Waals surface area (Å²) in [6.07, 6.45) is 0.752. The van der Waals surface area contributed by atoms with E-state index in [-0.39, 0.29) is 22.9 Å². The van der Waals surface area contributed by atoms with Gasteiger partial charge in [-0.3, -0.25) is 0 Å². The number of aryl methyl sites for hydroxylation is 1. The van der Waals surface area contributed by atoms with Crippen molar-refractivity contribution in [2.45, 2.75) is 37.7 Å². The lowest BCUT2D eigenvalue weighted by Gasteiger charge is -2.10. The molecule has 31 heavy (non-hydrogen) atoms. The number of benzene rings is 2. The summed E-state index contributed by atoms with van der Waals surface area (Å²) < 4.78 is 40.4. The molecule has 0 aliphatic rings. The molecule has 0 atom stereocenters. The smallest absolute Gasteiger partial charge is 0.338 e. The number of hydrogen-bond acceptors (Lipinski definition) is 5. The molecule has 0 amide bonds. The maximum absolute atomic E-state index is 14.2. The zero-order valence-corrected chi connectivity index (χ0v) is 18.9. The van der Waals surface area contributed by atoms with E-state index in [1.807, 2.05) is 17.6 Å². The number of esters is 1. The van der Waals surface area contributed by atoms with Crippen molar-refractivity contribution in [3.05, 3.63) is 58.1 Å². The standard InChI is InChI=1S/C22H23ClF2N2O3S/c1-3-29-11-5-10-27-19-9-6-14(21(28)30-4-2)12-18(19)26-22(27)31-13-15-16(24)7-8-17(25)20(15)23/h6-9,12H,3-5,10-11,13H2,1-2H3. The molecule has 0 aliphatic carbocycles. The molecule has 0 spiro atoms. The summed E-state index contributed by atoms with van der Waals surface area (Å²) in [5.74, 6) is -1.54. The highest BCUT2D eigenvalue weighted by Gasteiger charge is 2.17. The minimum Gasteiger partial charge on any atom is -0.462 e. The van der Waals surface area contributed by atoms with Crippen molar-refractivity contribution in [2.75, 3.05) is 19.8 Å². The van der Waals surface area contributed by atoms with Gasteiger partial charge in [-0.2, -0.15) is 0 Å². The molecule has 0 fully saturated rings.